The maximum Gasteiger partial charge on any atom is 0.306 e. The smallest absolute Gasteiger partial charge is 0.306 e. The van der Waals surface area contributed by atoms with Gasteiger partial charge in [-0.3, -0.25) is 9.78 Å². The van der Waals surface area contributed by atoms with Gasteiger partial charge in [-0.05, 0) is 37.8 Å². The van der Waals surface area contributed by atoms with Crippen LogP contribution in [-0.2, 0) is 5.41 Å². The highest BCUT2D eigenvalue weighted by molar-refractivity contribution is 7.10. The number of nitrogens with two attached hydrogens (primary N) is 1. The second-order valence-corrected chi connectivity index (χ2v) is 10.7. The number of aryl methyl sites for hydroxylation is 2. The van der Waals surface area contributed by atoms with Crippen molar-refractivity contribution in [2.75, 3.05) is 5.32 Å². The first-order valence-electron chi connectivity index (χ1n) is 11.6. The summed E-state index contributed by atoms with van der Waals surface area (Å²) in [5.74, 6) is -0.404. The molecule has 0 bridgehead atoms. The zero-order valence-electron chi connectivity index (χ0n) is 19.9. The van der Waals surface area contributed by atoms with Crippen LogP contribution in [0.25, 0.3) is 0 Å². The number of allylic oxidation sites excluding steroid dienone is 1. The molecule has 2 aliphatic rings. The summed E-state index contributed by atoms with van der Waals surface area (Å²) in [6, 6.07) is 22.8. The molecule has 4 N–H and O–H groups in total. The van der Waals surface area contributed by atoms with Gasteiger partial charge in [0.05, 0.1) is 28.7 Å². The molecule has 8 heteroatoms. The predicted octanol–water partition coefficient (Wildman–Crippen LogP) is 4.81. The van der Waals surface area contributed by atoms with E-state index in [4.69, 9.17) is 5.73 Å². The van der Waals surface area contributed by atoms with E-state index in [9.17, 15) is 20.6 Å². The molecule has 2 unspecified atom stereocenters. The van der Waals surface area contributed by atoms with E-state index < -0.39 is 22.7 Å². The van der Waals surface area contributed by atoms with Crippen LogP contribution < -0.4 is 15.9 Å². The number of rotatable bonds is 2. The lowest BCUT2D eigenvalue weighted by molar-refractivity contribution is 0.180. The summed E-state index contributed by atoms with van der Waals surface area (Å²) in [4.78, 5) is 15.7. The fourth-order valence-corrected chi connectivity index (χ4v) is 6.93. The number of aromatic nitrogens is 1. The first kappa shape index (κ1) is 23.4. The van der Waals surface area contributed by atoms with Crippen LogP contribution in [0, 0.1) is 53.3 Å². The molecule has 0 amide bonds. The molecule has 0 saturated heterocycles. The summed E-state index contributed by atoms with van der Waals surface area (Å²) in [6.07, 6.45) is 0.594. The number of anilines is 1. The standard InChI is InChI=1S/C28H24N6OS/c1-16-3-7-18(8-4-16)20-11-27(22(13-29)24(32)33-25-23(27)36-26(35)34-25)12-21(28(20,14-30)15-31)19-9-5-17(2)6-10-19/h3-10,20-21,33H,11-12,32H2,1-2H3,(H,34,35). The number of thiazole rings is 1. The Balaban J connectivity index is 1.84. The van der Waals surface area contributed by atoms with Crippen molar-refractivity contribution in [1.82, 2.24) is 4.98 Å². The first-order chi connectivity index (χ1) is 17.3. The number of nitriles is 3. The second kappa shape index (κ2) is 8.41. The van der Waals surface area contributed by atoms with Crippen molar-refractivity contribution >= 4 is 17.2 Å². The lowest BCUT2D eigenvalue weighted by atomic mass is 9.49. The molecule has 5 rings (SSSR count). The number of fused-ring (bicyclic) bond motifs is 2. The molecule has 2 heterocycles. The lowest BCUT2D eigenvalue weighted by Crippen LogP contribution is -2.49. The Hall–Kier alpha value is -4.32. The molecule has 0 radical (unpaired) electrons. The van der Waals surface area contributed by atoms with Crippen molar-refractivity contribution in [3.05, 3.63) is 96.7 Å². The van der Waals surface area contributed by atoms with Crippen LogP contribution in [0.1, 0.15) is 51.8 Å². The molecular formula is C28H24N6OS. The zero-order chi connectivity index (χ0) is 25.7. The number of nitrogens with zero attached hydrogens (tertiary/aromatic N) is 3. The van der Waals surface area contributed by atoms with Gasteiger partial charge >= 0.3 is 4.87 Å². The van der Waals surface area contributed by atoms with Gasteiger partial charge in [0.2, 0.25) is 0 Å². The van der Waals surface area contributed by atoms with Crippen LogP contribution in [-0.4, -0.2) is 4.98 Å². The number of hydrogen-bond donors (Lipinski definition) is 3. The highest BCUT2D eigenvalue weighted by Gasteiger charge is 2.61. The molecule has 1 spiro atoms. The molecular weight excluding hydrogens is 468 g/mol. The molecule has 7 nitrogen and oxygen atoms in total. The summed E-state index contributed by atoms with van der Waals surface area (Å²) < 4.78 is 0. The zero-order valence-corrected chi connectivity index (χ0v) is 20.7. The van der Waals surface area contributed by atoms with Gasteiger partial charge in [0, 0.05) is 17.3 Å². The molecule has 3 aromatic rings. The third-order valence-corrected chi connectivity index (χ3v) is 8.82. The molecule has 1 aromatic heterocycles. The van der Waals surface area contributed by atoms with Gasteiger partial charge in [-0.1, -0.05) is 71.0 Å². The van der Waals surface area contributed by atoms with Crippen molar-refractivity contribution in [3.63, 3.8) is 0 Å². The van der Waals surface area contributed by atoms with Crippen LogP contribution in [0.5, 0.6) is 0 Å². The minimum atomic E-state index is -1.39. The van der Waals surface area contributed by atoms with Gasteiger partial charge in [0.15, 0.2) is 5.41 Å². The Morgan fingerprint density at radius 3 is 1.86 bits per heavy atom. The van der Waals surface area contributed by atoms with E-state index in [-0.39, 0.29) is 10.7 Å². The molecule has 1 fully saturated rings. The Kier molecular flexibility index (Phi) is 5.47. The van der Waals surface area contributed by atoms with E-state index in [0.29, 0.717) is 29.1 Å². The van der Waals surface area contributed by atoms with E-state index in [1.807, 2.05) is 62.4 Å². The van der Waals surface area contributed by atoms with Crippen LogP contribution in [0.2, 0.25) is 0 Å². The van der Waals surface area contributed by atoms with Crippen molar-refractivity contribution in [2.24, 2.45) is 11.1 Å². The van der Waals surface area contributed by atoms with E-state index >= 15 is 0 Å². The van der Waals surface area contributed by atoms with Crippen molar-refractivity contribution in [2.45, 2.75) is 43.9 Å². The third kappa shape index (κ3) is 3.33. The van der Waals surface area contributed by atoms with E-state index in [0.717, 1.165) is 33.6 Å². The SMILES string of the molecule is Cc1ccc(C2CC3(CC(c4ccc(C)cc4)C2(C#N)C#N)C(C#N)=C(N)Nc2[nH]c(=O)sc23)cc1. The van der Waals surface area contributed by atoms with E-state index in [1.165, 1.54) is 0 Å². The van der Waals surface area contributed by atoms with Crippen LogP contribution in [0.3, 0.4) is 0 Å². The van der Waals surface area contributed by atoms with Crippen LogP contribution in [0.15, 0.2) is 64.7 Å². The topological polar surface area (TPSA) is 142 Å². The fourth-order valence-electron chi connectivity index (χ4n) is 5.92. The molecule has 2 aromatic carbocycles. The molecule has 36 heavy (non-hydrogen) atoms. The number of benzene rings is 2. The summed E-state index contributed by atoms with van der Waals surface area (Å²) in [5.41, 5.74) is 8.18. The van der Waals surface area contributed by atoms with Crippen molar-refractivity contribution in [1.29, 1.82) is 15.8 Å². The number of nitrogens with one attached hydrogen (secondary N) is 2. The quantitative estimate of drug-likeness (QED) is 0.469. The Morgan fingerprint density at radius 1 is 0.917 bits per heavy atom. The van der Waals surface area contributed by atoms with Gasteiger partial charge in [-0.25, -0.2) is 0 Å². The number of hydrogen-bond acceptors (Lipinski definition) is 7. The second-order valence-electron chi connectivity index (χ2n) is 9.75. The summed E-state index contributed by atoms with van der Waals surface area (Å²) in [7, 11) is 0. The van der Waals surface area contributed by atoms with E-state index in [1.54, 1.807) is 0 Å². The minimum Gasteiger partial charge on any atom is -0.384 e. The molecule has 1 aliphatic heterocycles. The van der Waals surface area contributed by atoms with Crippen molar-refractivity contribution < 1.29 is 0 Å². The van der Waals surface area contributed by atoms with E-state index in [2.05, 4.69) is 28.5 Å². The maximum atomic E-state index is 12.5. The summed E-state index contributed by atoms with van der Waals surface area (Å²) >= 11 is 1.05. The summed E-state index contributed by atoms with van der Waals surface area (Å²) in [6.45, 7) is 3.97. The number of aromatic amines is 1. The fraction of sp³-hybridized carbons (Fsp3) is 0.286. The van der Waals surface area contributed by atoms with Gasteiger partial charge in [0.25, 0.3) is 0 Å². The van der Waals surface area contributed by atoms with Gasteiger partial charge < -0.3 is 11.1 Å². The monoisotopic (exact) mass is 492 g/mol. The van der Waals surface area contributed by atoms with Crippen LogP contribution in [0.4, 0.5) is 5.82 Å². The Labute approximate surface area is 213 Å². The highest BCUT2D eigenvalue weighted by Crippen LogP contribution is 2.64. The van der Waals surface area contributed by atoms with Gasteiger partial charge in [0.1, 0.15) is 11.6 Å². The van der Waals surface area contributed by atoms with Gasteiger partial charge in [-0.15, -0.1) is 0 Å². The third-order valence-electron chi connectivity index (χ3n) is 7.74. The first-order valence-corrected chi connectivity index (χ1v) is 12.5. The normalized spacial score (nSPS) is 24.2. The largest absolute Gasteiger partial charge is 0.384 e. The lowest BCUT2D eigenvalue weighted by Gasteiger charge is -2.51. The molecule has 1 aliphatic carbocycles. The Morgan fingerprint density at radius 2 is 1.42 bits per heavy atom. The van der Waals surface area contributed by atoms with Crippen LogP contribution >= 0.6 is 11.3 Å². The average Bonchev–Trinajstić information content (AvgIpc) is 3.25. The average molecular weight is 493 g/mol. The van der Waals surface area contributed by atoms with Gasteiger partial charge in [-0.2, -0.15) is 15.8 Å². The molecule has 2 atom stereocenters. The Bertz CT molecular complexity index is 1490. The molecule has 178 valence electrons. The number of H-pyrrole nitrogens is 1. The maximum absolute atomic E-state index is 12.5. The summed E-state index contributed by atoms with van der Waals surface area (Å²) in [5, 5.41) is 34.6. The van der Waals surface area contributed by atoms with Crippen molar-refractivity contribution in [3.8, 4) is 18.2 Å². The molecule has 1 saturated carbocycles. The predicted molar refractivity (Wildman–Crippen MR) is 138 cm³/mol. The highest BCUT2D eigenvalue weighted by atomic mass is 32.1. The minimum absolute atomic E-state index is 0.186.